The van der Waals surface area contributed by atoms with Crippen LogP contribution in [0.3, 0.4) is 0 Å². The average Bonchev–Trinajstić information content (AvgIpc) is 2.50. The predicted octanol–water partition coefficient (Wildman–Crippen LogP) is 0.882. The van der Waals surface area contributed by atoms with Gasteiger partial charge in [0.2, 0.25) is 0 Å². The topological polar surface area (TPSA) is 102 Å². The van der Waals surface area contributed by atoms with Gasteiger partial charge in [-0.15, -0.1) is 0 Å². The third-order valence-corrected chi connectivity index (χ3v) is 6.64. The summed E-state index contributed by atoms with van der Waals surface area (Å²) in [4.78, 5) is 2.12. The molecule has 8 nitrogen and oxygen atoms in total. The van der Waals surface area contributed by atoms with Gasteiger partial charge in [0, 0.05) is 43.0 Å². The fourth-order valence-electron chi connectivity index (χ4n) is 4.05. The van der Waals surface area contributed by atoms with Gasteiger partial charge < -0.3 is 9.64 Å². The number of hydrogen-bond donors (Lipinski definition) is 1. The Bertz CT molecular complexity index is 969. The van der Waals surface area contributed by atoms with Crippen molar-refractivity contribution in [2.24, 2.45) is 10.6 Å². The highest BCUT2D eigenvalue weighted by Gasteiger charge is 2.54. The van der Waals surface area contributed by atoms with Crippen molar-refractivity contribution < 1.29 is 17.5 Å². The largest absolute Gasteiger partial charge is 0.494 e. The van der Waals surface area contributed by atoms with Crippen LogP contribution in [0.15, 0.2) is 18.3 Å². The van der Waals surface area contributed by atoms with E-state index in [1.165, 1.54) is 30.6 Å². The minimum absolute atomic E-state index is 0.0545. The van der Waals surface area contributed by atoms with E-state index in [1.807, 2.05) is 0 Å². The lowest BCUT2D eigenvalue weighted by atomic mass is 9.60. The fourth-order valence-corrected chi connectivity index (χ4v) is 4.62. The van der Waals surface area contributed by atoms with E-state index in [2.05, 4.69) is 15.1 Å². The number of nitrogens with zero attached hydrogens (tertiary/aromatic N) is 4. The minimum Gasteiger partial charge on any atom is -0.494 e. The number of ether oxygens (including phenoxy) is 1. The minimum atomic E-state index is -3.66. The van der Waals surface area contributed by atoms with Gasteiger partial charge in [0.05, 0.1) is 24.5 Å². The Labute approximate surface area is 150 Å². The predicted molar refractivity (Wildman–Crippen MR) is 94.6 cm³/mol. The van der Waals surface area contributed by atoms with E-state index in [9.17, 15) is 12.8 Å². The van der Waals surface area contributed by atoms with Crippen molar-refractivity contribution in [2.75, 3.05) is 32.1 Å². The molecule has 1 aromatic carbocycles. The number of benzene rings is 1. The van der Waals surface area contributed by atoms with Crippen molar-refractivity contribution in [2.45, 2.75) is 18.9 Å². The molecule has 2 N–H and O–H groups in total. The summed E-state index contributed by atoms with van der Waals surface area (Å²) < 4.78 is 43.2. The zero-order valence-electron chi connectivity index (χ0n) is 14.5. The first kappa shape index (κ1) is 17.4. The second-order valence-corrected chi connectivity index (χ2v) is 8.82. The van der Waals surface area contributed by atoms with Gasteiger partial charge in [-0.05, 0) is 18.9 Å². The molecule has 1 aliphatic carbocycles. The molecule has 2 heterocycles. The maximum Gasteiger partial charge on any atom is 0.276 e. The molecule has 1 aliphatic heterocycles. The molecule has 0 amide bonds. The second kappa shape index (κ2) is 5.73. The molecule has 1 spiro atoms. The van der Waals surface area contributed by atoms with Crippen LogP contribution in [-0.2, 0) is 10.2 Å². The molecule has 1 saturated heterocycles. The molecule has 26 heavy (non-hydrogen) atoms. The van der Waals surface area contributed by atoms with Crippen LogP contribution in [0, 0.1) is 11.2 Å². The number of rotatable bonds is 4. The summed E-state index contributed by atoms with van der Waals surface area (Å²) in [5.74, 6) is -0.306. The summed E-state index contributed by atoms with van der Waals surface area (Å²) in [7, 11) is -0.733. The van der Waals surface area contributed by atoms with Gasteiger partial charge in [-0.3, -0.25) is 0 Å². The Kier molecular flexibility index (Phi) is 3.83. The lowest BCUT2D eigenvalue weighted by Gasteiger charge is -2.60. The van der Waals surface area contributed by atoms with Crippen LogP contribution in [0.2, 0.25) is 0 Å². The number of aromatic nitrogens is 2. The maximum atomic E-state index is 14.1. The van der Waals surface area contributed by atoms with Crippen LogP contribution in [-0.4, -0.2) is 56.2 Å². The maximum absolute atomic E-state index is 14.1. The van der Waals surface area contributed by atoms with E-state index in [0.29, 0.717) is 10.9 Å². The number of methoxy groups -OCH3 is 1. The zero-order valence-corrected chi connectivity index (χ0v) is 15.3. The second-order valence-electron chi connectivity index (χ2n) is 7.21. The smallest absolute Gasteiger partial charge is 0.276 e. The molecule has 2 fully saturated rings. The lowest BCUT2D eigenvalue weighted by molar-refractivity contribution is 0.0212. The highest BCUT2D eigenvalue weighted by atomic mass is 32.2. The molecule has 2 aromatic rings. The number of nitrogens with two attached hydrogens (primary N) is 1. The van der Waals surface area contributed by atoms with Gasteiger partial charge in [-0.1, -0.05) is 0 Å². The van der Waals surface area contributed by atoms with Crippen molar-refractivity contribution in [1.82, 2.24) is 14.5 Å². The van der Waals surface area contributed by atoms with E-state index in [0.717, 1.165) is 31.6 Å². The SMILES string of the molecule is COc1cc2nncc(N3CC4(CC(N(C)S(N)(=O)=O)C4)C3)c2cc1F. The number of fused-ring (bicyclic) bond motifs is 1. The molecular weight excluding hydrogens is 361 g/mol. The average molecular weight is 381 g/mol. The summed E-state index contributed by atoms with van der Waals surface area (Å²) in [6.45, 7) is 1.55. The highest BCUT2D eigenvalue weighted by Crippen LogP contribution is 2.52. The van der Waals surface area contributed by atoms with E-state index >= 15 is 0 Å². The third kappa shape index (κ3) is 2.68. The van der Waals surface area contributed by atoms with Crippen molar-refractivity contribution in [1.29, 1.82) is 0 Å². The molecule has 10 heteroatoms. The normalized spacial score (nSPS) is 19.7. The van der Waals surface area contributed by atoms with Gasteiger partial charge in [-0.25, -0.2) is 9.53 Å². The Morgan fingerprint density at radius 1 is 1.38 bits per heavy atom. The van der Waals surface area contributed by atoms with E-state index < -0.39 is 16.0 Å². The molecular formula is C16H20FN5O3S. The first-order valence-corrected chi connectivity index (χ1v) is 9.72. The van der Waals surface area contributed by atoms with Crippen LogP contribution in [0.4, 0.5) is 10.1 Å². The van der Waals surface area contributed by atoms with Crippen molar-refractivity contribution in [3.63, 3.8) is 0 Å². The molecule has 0 atom stereocenters. The summed E-state index contributed by atoms with van der Waals surface area (Å²) in [6.07, 6.45) is 3.18. The lowest BCUT2D eigenvalue weighted by Crippen LogP contribution is -2.67. The van der Waals surface area contributed by atoms with Gasteiger partial charge in [0.1, 0.15) is 0 Å². The fraction of sp³-hybridized carbons (Fsp3) is 0.500. The standard InChI is InChI=1S/C16H20FN5O3S/c1-21(26(18,23)24)10-5-16(6-10)8-22(9-16)14-7-19-20-13-4-15(25-2)12(17)3-11(13)14/h3-4,7,10H,5-6,8-9H2,1-2H3,(H2,18,23,24). The Balaban J connectivity index is 1.51. The highest BCUT2D eigenvalue weighted by molar-refractivity contribution is 7.86. The van der Waals surface area contributed by atoms with Crippen LogP contribution in [0.5, 0.6) is 5.75 Å². The number of anilines is 1. The third-order valence-electron chi connectivity index (χ3n) is 5.54. The first-order chi connectivity index (χ1) is 12.2. The van der Waals surface area contributed by atoms with Crippen LogP contribution in [0.25, 0.3) is 10.9 Å². The number of hydrogen-bond acceptors (Lipinski definition) is 6. The van der Waals surface area contributed by atoms with Crippen molar-refractivity contribution in [3.05, 3.63) is 24.1 Å². The monoisotopic (exact) mass is 381 g/mol. The van der Waals surface area contributed by atoms with Gasteiger partial charge >= 0.3 is 0 Å². The van der Waals surface area contributed by atoms with Gasteiger partial charge in [-0.2, -0.15) is 22.9 Å². The Morgan fingerprint density at radius 2 is 2.08 bits per heavy atom. The van der Waals surface area contributed by atoms with Crippen LogP contribution < -0.4 is 14.8 Å². The van der Waals surface area contributed by atoms with E-state index in [-0.39, 0.29) is 17.2 Å². The summed E-state index contributed by atoms with van der Waals surface area (Å²) in [5, 5.41) is 13.9. The van der Waals surface area contributed by atoms with Crippen LogP contribution >= 0.6 is 0 Å². The quantitative estimate of drug-likeness (QED) is 0.844. The van der Waals surface area contributed by atoms with Gasteiger partial charge in [0.25, 0.3) is 10.2 Å². The molecule has 1 aromatic heterocycles. The zero-order chi connectivity index (χ0) is 18.7. The molecule has 0 unspecified atom stereocenters. The number of halogens is 1. The van der Waals surface area contributed by atoms with Crippen LogP contribution in [0.1, 0.15) is 12.8 Å². The van der Waals surface area contributed by atoms with E-state index in [1.54, 1.807) is 6.20 Å². The Morgan fingerprint density at radius 3 is 2.69 bits per heavy atom. The molecule has 4 rings (SSSR count). The summed E-state index contributed by atoms with van der Waals surface area (Å²) >= 11 is 0. The molecule has 140 valence electrons. The molecule has 0 radical (unpaired) electrons. The molecule has 1 saturated carbocycles. The molecule has 0 bridgehead atoms. The summed E-state index contributed by atoms with van der Waals surface area (Å²) in [5.41, 5.74) is 1.48. The summed E-state index contributed by atoms with van der Waals surface area (Å²) in [6, 6.07) is 2.90. The van der Waals surface area contributed by atoms with E-state index in [4.69, 9.17) is 9.88 Å². The van der Waals surface area contributed by atoms with Crippen molar-refractivity contribution >= 4 is 26.8 Å². The van der Waals surface area contributed by atoms with Gasteiger partial charge in [0.15, 0.2) is 11.6 Å². The Hall–Kier alpha value is -2.04. The molecule has 2 aliphatic rings. The van der Waals surface area contributed by atoms with Crippen molar-refractivity contribution in [3.8, 4) is 5.75 Å². The first-order valence-electron chi connectivity index (χ1n) is 8.22.